The molecule has 1 heterocycles. The smallest absolute Gasteiger partial charge is 0.223 e. The van der Waals surface area contributed by atoms with Gasteiger partial charge >= 0.3 is 0 Å². The van der Waals surface area contributed by atoms with E-state index in [4.69, 9.17) is 9.47 Å². The molecule has 0 radical (unpaired) electrons. The molecular formula is C10H9F2NO2. The van der Waals surface area contributed by atoms with E-state index in [1.54, 1.807) is 0 Å². The van der Waals surface area contributed by atoms with E-state index in [0.717, 1.165) is 12.1 Å². The zero-order valence-electron chi connectivity index (χ0n) is 8.09. The molecule has 0 saturated heterocycles. The van der Waals surface area contributed by atoms with Crippen molar-refractivity contribution in [3.8, 4) is 5.75 Å². The van der Waals surface area contributed by atoms with E-state index < -0.39 is 11.6 Å². The van der Waals surface area contributed by atoms with Gasteiger partial charge in [-0.1, -0.05) is 0 Å². The minimum absolute atomic E-state index is 0.0800. The van der Waals surface area contributed by atoms with Crippen molar-refractivity contribution in [3.63, 3.8) is 0 Å². The number of rotatable bonds is 2. The molecule has 80 valence electrons. The number of benzene rings is 1. The molecule has 0 unspecified atom stereocenters. The topological polar surface area (TPSA) is 30.8 Å². The Kier molecular flexibility index (Phi) is 2.53. The van der Waals surface area contributed by atoms with Crippen molar-refractivity contribution in [3.05, 3.63) is 29.3 Å². The maximum atomic E-state index is 13.5. The predicted octanol–water partition coefficient (Wildman–Crippen LogP) is 1.75. The monoisotopic (exact) mass is 213 g/mol. The Bertz CT molecular complexity index is 418. The zero-order valence-corrected chi connectivity index (χ0v) is 8.09. The van der Waals surface area contributed by atoms with E-state index in [2.05, 4.69) is 4.99 Å². The second-order valence-corrected chi connectivity index (χ2v) is 3.00. The summed E-state index contributed by atoms with van der Waals surface area (Å²) >= 11 is 0. The highest BCUT2D eigenvalue weighted by Crippen LogP contribution is 2.25. The molecule has 1 aliphatic rings. The first-order valence-corrected chi connectivity index (χ1v) is 4.43. The summed E-state index contributed by atoms with van der Waals surface area (Å²) in [6, 6.07) is 1.88. The highest BCUT2D eigenvalue weighted by molar-refractivity contribution is 5.97. The first-order valence-electron chi connectivity index (χ1n) is 4.43. The van der Waals surface area contributed by atoms with Crippen LogP contribution in [0.3, 0.4) is 0 Å². The Morgan fingerprint density at radius 3 is 2.80 bits per heavy atom. The molecule has 1 aliphatic heterocycles. The summed E-state index contributed by atoms with van der Waals surface area (Å²) in [6.07, 6.45) is 0. The second-order valence-electron chi connectivity index (χ2n) is 3.00. The maximum absolute atomic E-state index is 13.5. The van der Waals surface area contributed by atoms with Crippen LogP contribution in [-0.4, -0.2) is 26.2 Å². The first kappa shape index (κ1) is 9.89. The summed E-state index contributed by atoms with van der Waals surface area (Å²) in [7, 11) is 1.34. The molecule has 0 spiro atoms. The van der Waals surface area contributed by atoms with E-state index in [-0.39, 0.29) is 17.2 Å². The highest BCUT2D eigenvalue weighted by Gasteiger charge is 2.21. The number of methoxy groups -OCH3 is 1. The Hall–Kier alpha value is -1.65. The van der Waals surface area contributed by atoms with Crippen LogP contribution in [0, 0.1) is 11.6 Å². The Balaban J connectivity index is 2.53. The number of hydrogen-bond donors (Lipinski definition) is 0. The van der Waals surface area contributed by atoms with E-state index >= 15 is 0 Å². The van der Waals surface area contributed by atoms with Gasteiger partial charge < -0.3 is 9.47 Å². The molecular weight excluding hydrogens is 204 g/mol. The average molecular weight is 213 g/mol. The number of hydrogen-bond acceptors (Lipinski definition) is 3. The van der Waals surface area contributed by atoms with Crippen LogP contribution in [0.25, 0.3) is 0 Å². The van der Waals surface area contributed by atoms with Gasteiger partial charge in [0.25, 0.3) is 0 Å². The molecule has 0 aliphatic carbocycles. The molecule has 0 atom stereocenters. The third-order valence-electron chi connectivity index (χ3n) is 2.04. The minimum atomic E-state index is -0.729. The summed E-state index contributed by atoms with van der Waals surface area (Å²) in [6.45, 7) is 0.893. The lowest BCUT2D eigenvalue weighted by atomic mass is 10.2. The standard InChI is InChI=1S/C10H9F2NO2/c1-14-8-5-6(11)4-7(12)9(8)10-13-2-3-15-10/h4-5H,2-3H2,1H3. The van der Waals surface area contributed by atoms with Crippen molar-refractivity contribution in [1.29, 1.82) is 0 Å². The SMILES string of the molecule is COc1cc(F)cc(F)c1C1=NCCO1. The van der Waals surface area contributed by atoms with Crippen LogP contribution in [0.4, 0.5) is 8.78 Å². The number of ether oxygens (including phenoxy) is 2. The van der Waals surface area contributed by atoms with Gasteiger partial charge in [-0.3, -0.25) is 0 Å². The summed E-state index contributed by atoms with van der Waals surface area (Å²) in [5.74, 6) is -1.16. The fourth-order valence-corrected chi connectivity index (χ4v) is 1.40. The zero-order chi connectivity index (χ0) is 10.8. The van der Waals surface area contributed by atoms with Crippen molar-refractivity contribution in [1.82, 2.24) is 0 Å². The van der Waals surface area contributed by atoms with Crippen LogP contribution in [0.5, 0.6) is 5.75 Å². The molecule has 3 nitrogen and oxygen atoms in total. The number of aliphatic imine (C=N–C) groups is 1. The van der Waals surface area contributed by atoms with Crippen LogP contribution >= 0.6 is 0 Å². The van der Waals surface area contributed by atoms with Crippen molar-refractivity contribution in [2.24, 2.45) is 4.99 Å². The fourth-order valence-electron chi connectivity index (χ4n) is 1.40. The summed E-state index contributed by atoms with van der Waals surface area (Å²) in [4.78, 5) is 3.96. The molecule has 0 saturated carbocycles. The van der Waals surface area contributed by atoms with Gasteiger partial charge in [0.05, 0.1) is 13.7 Å². The molecule has 0 bridgehead atoms. The van der Waals surface area contributed by atoms with Crippen LogP contribution in [0.2, 0.25) is 0 Å². The number of halogens is 2. The van der Waals surface area contributed by atoms with Crippen molar-refractivity contribution in [2.45, 2.75) is 0 Å². The summed E-state index contributed by atoms with van der Waals surface area (Å²) < 4.78 is 36.3. The molecule has 15 heavy (non-hydrogen) atoms. The van der Waals surface area contributed by atoms with Gasteiger partial charge in [0.15, 0.2) is 0 Å². The lowest BCUT2D eigenvalue weighted by Crippen LogP contribution is -2.07. The Morgan fingerprint density at radius 2 is 2.20 bits per heavy atom. The molecule has 5 heteroatoms. The maximum Gasteiger partial charge on any atom is 0.223 e. The van der Waals surface area contributed by atoms with Gasteiger partial charge in [-0.05, 0) is 0 Å². The molecule has 0 aromatic heterocycles. The van der Waals surface area contributed by atoms with Gasteiger partial charge in [0.2, 0.25) is 5.90 Å². The third kappa shape index (κ3) is 1.77. The Morgan fingerprint density at radius 1 is 1.40 bits per heavy atom. The van der Waals surface area contributed by atoms with Gasteiger partial charge in [-0.15, -0.1) is 0 Å². The molecule has 1 aromatic carbocycles. The fraction of sp³-hybridized carbons (Fsp3) is 0.300. The highest BCUT2D eigenvalue weighted by atomic mass is 19.1. The van der Waals surface area contributed by atoms with Crippen LogP contribution < -0.4 is 4.74 Å². The normalized spacial score (nSPS) is 14.7. The van der Waals surface area contributed by atoms with Crippen molar-refractivity contribution < 1.29 is 18.3 Å². The predicted molar refractivity (Wildman–Crippen MR) is 50.3 cm³/mol. The Labute approximate surface area is 85.3 Å². The van der Waals surface area contributed by atoms with Crippen LogP contribution in [0.1, 0.15) is 5.56 Å². The lowest BCUT2D eigenvalue weighted by molar-refractivity contribution is 0.342. The minimum Gasteiger partial charge on any atom is -0.496 e. The van der Waals surface area contributed by atoms with Crippen molar-refractivity contribution >= 4 is 5.90 Å². The molecule has 0 fully saturated rings. The number of nitrogens with zero attached hydrogens (tertiary/aromatic N) is 1. The van der Waals surface area contributed by atoms with E-state index in [1.165, 1.54) is 7.11 Å². The van der Waals surface area contributed by atoms with Gasteiger partial charge in [0.1, 0.15) is 29.6 Å². The molecule has 0 N–H and O–H groups in total. The van der Waals surface area contributed by atoms with E-state index in [0.29, 0.717) is 13.2 Å². The van der Waals surface area contributed by atoms with E-state index in [1.807, 2.05) is 0 Å². The molecule has 0 amide bonds. The summed E-state index contributed by atoms with van der Waals surface area (Å²) in [5.41, 5.74) is 0.0800. The van der Waals surface area contributed by atoms with E-state index in [9.17, 15) is 8.78 Å². The third-order valence-corrected chi connectivity index (χ3v) is 2.04. The largest absolute Gasteiger partial charge is 0.496 e. The summed E-state index contributed by atoms with van der Waals surface area (Å²) in [5, 5.41) is 0. The molecule has 1 aromatic rings. The second kappa shape index (κ2) is 3.84. The average Bonchev–Trinajstić information content (AvgIpc) is 2.69. The van der Waals surface area contributed by atoms with Crippen molar-refractivity contribution in [2.75, 3.05) is 20.3 Å². The van der Waals surface area contributed by atoms with Gasteiger partial charge in [-0.25, -0.2) is 13.8 Å². The first-order chi connectivity index (χ1) is 7.22. The van der Waals surface area contributed by atoms with Crippen LogP contribution in [-0.2, 0) is 4.74 Å². The quantitative estimate of drug-likeness (QED) is 0.749. The lowest BCUT2D eigenvalue weighted by Gasteiger charge is -2.09. The molecule has 2 rings (SSSR count). The van der Waals surface area contributed by atoms with Crippen LogP contribution in [0.15, 0.2) is 17.1 Å². The van der Waals surface area contributed by atoms with Gasteiger partial charge in [0, 0.05) is 12.1 Å². The van der Waals surface area contributed by atoms with Gasteiger partial charge in [-0.2, -0.15) is 0 Å².